The van der Waals surface area contributed by atoms with E-state index in [4.69, 9.17) is 5.26 Å². The Morgan fingerprint density at radius 3 is 2.60 bits per heavy atom. The van der Waals surface area contributed by atoms with Crippen LogP contribution in [0.5, 0.6) is 0 Å². The van der Waals surface area contributed by atoms with Gasteiger partial charge in [0.1, 0.15) is 0 Å². The van der Waals surface area contributed by atoms with Crippen molar-refractivity contribution in [3.05, 3.63) is 48.0 Å². The van der Waals surface area contributed by atoms with E-state index in [2.05, 4.69) is 4.98 Å². The Bertz CT molecular complexity index is 755. The molecule has 0 aliphatic carbocycles. The van der Waals surface area contributed by atoms with Gasteiger partial charge < -0.3 is 4.57 Å². The van der Waals surface area contributed by atoms with Crippen molar-refractivity contribution in [2.75, 3.05) is 5.75 Å². The van der Waals surface area contributed by atoms with Gasteiger partial charge in [0.25, 0.3) is 0 Å². The highest BCUT2D eigenvalue weighted by molar-refractivity contribution is 7.91. The number of aryl methyl sites for hydroxylation is 1. The molecule has 0 saturated carbocycles. The minimum absolute atomic E-state index is 0.143. The highest BCUT2D eigenvalue weighted by Crippen LogP contribution is 2.13. The van der Waals surface area contributed by atoms with E-state index in [-0.39, 0.29) is 23.0 Å². The number of rotatable bonds is 5. The highest BCUT2D eigenvalue weighted by Gasteiger charge is 2.15. The predicted molar refractivity (Wildman–Crippen MR) is 70.8 cm³/mol. The summed E-state index contributed by atoms with van der Waals surface area (Å²) in [6.07, 6.45) is 3.57. The zero-order valence-corrected chi connectivity index (χ0v) is 11.2. The van der Waals surface area contributed by atoms with Crippen LogP contribution in [0, 0.1) is 11.3 Å². The second-order valence-corrected chi connectivity index (χ2v) is 6.16. The fourth-order valence-corrected chi connectivity index (χ4v) is 2.92. The standard InChI is InChI=1S/C13H11N3O3S/c14-9-11-1-3-12(4-2-11)20(18,19)8-7-16-6-5-15-13(16)10-17/h1-6,10H,7-8H2. The van der Waals surface area contributed by atoms with E-state index in [9.17, 15) is 13.2 Å². The molecule has 6 nitrogen and oxygen atoms in total. The molecule has 0 amide bonds. The molecular weight excluding hydrogens is 278 g/mol. The third-order valence-corrected chi connectivity index (χ3v) is 4.51. The lowest BCUT2D eigenvalue weighted by Crippen LogP contribution is -2.14. The minimum atomic E-state index is -3.46. The van der Waals surface area contributed by atoms with Gasteiger partial charge in [0.05, 0.1) is 22.3 Å². The summed E-state index contributed by atoms with van der Waals surface area (Å²) in [6.45, 7) is 0.149. The summed E-state index contributed by atoms with van der Waals surface area (Å²) in [4.78, 5) is 14.6. The molecule has 1 aromatic heterocycles. The third-order valence-electron chi connectivity index (χ3n) is 2.80. The van der Waals surface area contributed by atoms with Crippen molar-refractivity contribution in [2.24, 2.45) is 0 Å². The van der Waals surface area contributed by atoms with Gasteiger partial charge >= 0.3 is 0 Å². The second kappa shape index (κ2) is 5.67. The predicted octanol–water partition coefficient (Wildman–Crippen LogP) is 1.04. The summed E-state index contributed by atoms with van der Waals surface area (Å²) in [5, 5.41) is 8.67. The maximum Gasteiger partial charge on any atom is 0.185 e. The number of hydrogen-bond donors (Lipinski definition) is 0. The van der Waals surface area contributed by atoms with E-state index >= 15 is 0 Å². The van der Waals surface area contributed by atoms with Gasteiger partial charge in [0, 0.05) is 18.9 Å². The van der Waals surface area contributed by atoms with E-state index in [1.54, 1.807) is 6.20 Å². The number of hydrogen-bond acceptors (Lipinski definition) is 5. The fraction of sp³-hybridized carbons (Fsp3) is 0.154. The molecule has 1 heterocycles. The van der Waals surface area contributed by atoms with E-state index in [1.165, 1.54) is 35.0 Å². The van der Waals surface area contributed by atoms with Crippen molar-refractivity contribution in [1.82, 2.24) is 9.55 Å². The monoisotopic (exact) mass is 289 g/mol. The molecule has 2 rings (SSSR count). The van der Waals surface area contributed by atoms with E-state index < -0.39 is 9.84 Å². The number of nitriles is 1. The van der Waals surface area contributed by atoms with Crippen LogP contribution in [0.2, 0.25) is 0 Å². The zero-order chi connectivity index (χ0) is 14.6. The number of sulfone groups is 1. The summed E-state index contributed by atoms with van der Waals surface area (Å²) < 4.78 is 25.7. The summed E-state index contributed by atoms with van der Waals surface area (Å²) in [7, 11) is -3.46. The molecule has 0 N–H and O–H groups in total. The largest absolute Gasteiger partial charge is 0.328 e. The lowest BCUT2D eigenvalue weighted by molar-refractivity contribution is 0.111. The molecule has 2 aromatic rings. The van der Waals surface area contributed by atoms with Gasteiger partial charge in [0.2, 0.25) is 0 Å². The van der Waals surface area contributed by atoms with Gasteiger partial charge in [-0.05, 0) is 24.3 Å². The number of aldehydes is 1. The van der Waals surface area contributed by atoms with E-state index in [1.807, 2.05) is 6.07 Å². The summed E-state index contributed by atoms with van der Waals surface area (Å²) in [5.41, 5.74) is 0.404. The molecule has 0 spiro atoms. The Balaban J connectivity index is 2.15. The molecule has 0 saturated heterocycles. The van der Waals surface area contributed by atoms with Crippen LogP contribution in [0.3, 0.4) is 0 Å². The third kappa shape index (κ3) is 2.92. The molecule has 1 aromatic carbocycles. The molecule has 0 unspecified atom stereocenters. The number of carbonyl (C=O) groups excluding carboxylic acids is 1. The number of imidazole rings is 1. The summed E-state index contributed by atoms with van der Waals surface area (Å²) in [5.74, 6) is 0.0517. The molecule has 0 bridgehead atoms. The van der Waals surface area contributed by atoms with Crippen LogP contribution in [0.15, 0.2) is 41.6 Å². The fourth-order valence-electron chi connectivity index (χ4n) is 1.70. The van der Waals surface area contributed by atoms with Crippen molar-refractivity contribution in [3.63, 3.8) is 0 Å². The quantitative estimate of drug-likeness (QED) is 0.767. The minimum Gasteiger partial charge on any atom is -0.328 e. The van der Waals surface area contributed by atoms with Gasteiger partial charge in [-0.15, -0.1) is 0 Å². The molecular formula is C13H11N3O3S. The Labute approximate surface area is 116 Å². The molecule has 7 heteroatoms. The van der Waals surface area contributed by atoms with E-state index in [0.29, 0.717) is 11.8 Å². The second-order valence-electron chi connectivity index (χ2n) is 4.05. The average Bonchev–Trinajstić information content (AvgIpc) is 2.93. The number of carbonyl (C=O) groups is 1. The van der Waals surface area contributed by atoms with Crippen molar-refractivity contribution in [3.8, 4) is 6.07 Å². The Morgan fingerprint density at radius 2 is 2.00 bits per heavy atom. The van der Waals surface area contributed by atoms with Crippen LogP contribution in [-0.4, -0.2) is 30.0 Å². The smallest absolute Gasteiger partial charge is 0.185 e. The van der Waals surface area contributed by atoms with Crippen molar-refractivity contribution < 1.29 is 13.2 Å². The van der Waals surface area contributed by atoms with Crippen LogP contribution >= 0.6 is 0 Å². The topological polar surface area (TPSA) is 92.8 Å². The van der Waals surface area contributed by atoms with Gasteiger partial charge in [-0.1, -0.05) is 0 Å². The van der Waals surface area contributed by atoms with Crippen LogP contribution in [0.4, 0.5) is 0 Å². The molecule has 0 aliphatic heterocycles. The lowest BCUT2D eigenvalue weighted by Gasteiger charge is -2.06. The first kappa shape index (κ1) is 14.0. The van der Waals surface area contributed by atoms with Gasteiger partial charge in [-0.25, -0.2) is 13.4 Å². The van der Waals surface area contributed by atoms with Crippen molar-refractivity contribution >= 4 is 16.1 Å². The average molecular weight is 289 g/mol. The summed E-state index contributed by atoms with van der Waals surface area (Å²) >= 11 is 0. The normalized spacial score (nSPS) is 10.9. The SMILES string of the molecule is N#Cc1ccc(S(=O)(=O)CCn2ccnc2C=O)cc1. The molecule has 0 atom stereocenters. The molecule has 0 fully saturated rings. The maximum atomic E-state index is 12.1. The van der Waals surface area contributed by atoms with Gasteiger partial charge in [-0.3, -0.25) is 4.79 Å². The van der Waals surface area contributed by atoms with Crippen LogP contribution in [-0.2, 0) is 16.4 Å². The Hall–Kier alpha value is -2.46. The maximum absolute atomic E-state index is 12.1. The van der Waals surface area contributed by atoms with Crippen molar-refractivity contribution in [2.45, 2.75) is 11.4 Å². The molecule has 20 heavy (non-hydrogen) atoms. The number of nitrogens with zero attached hydrogens (tertiary/aromatic N) is 3. The first-order chi connectivity index (χ1) is 9.56. The van der Waals surface area contributed by atoms with Gasteiger partial charge in [-0.2, -0.15) is 5.26 Å². The zero-order valence-electron chi connectivity index (χ0n) is 10.4. The van der Waals surface area contributed by atoms with Crippen LogP contribution < -0.4 is 0 Å². The number of benzene rings is 1. The Kier molecular flexibility index (Phi) is 3.96. The van der Waals surface area contributed by atoms with Crippen LogP contribution in [0.1, 0.15) is 16.2 Å². The first-order valence-electron chi connectivity index (χ1n) is 5.76. The molecule has 0 aliphatic rings. The highest BCUT2D eigenvalue weighted by atomic mass is 32.2. The van der Waals surface area contributed by atoms with Crippen molar-refractivity contribution in [1.29, 1.82) is 5.26 Å². The van der Waals surface area contributed by atoms with E-state index in [0.717, 1.165) is 0 Å². The first-order valence-corrected chi connectivity index (χ1v) is 7.41. The Morgan fingerprint density at radius 1 is 1.30 bits per heavy atom. The summed E-state index contributed by atoms with van der Waals surface area (Å²) in [6, 6.07) is 7.66. The van der Waals surface area contributed by atoms with Crippen LogP contribution in [0.25, 0.3) is 0 Å². The molecule has 102 valence electrons. The number of aromatic nitrogens is 2. The lowest BCUT2D eigenvalue weighted by atomic mass is 10.2. The van der Waals surface area contributed by atoms with Gasteiger partial charge in [0.15, 0.2) is 21.9 Å². The molecule has 0 radical (unpaired) electrons.